The third kappa shape index (κ3) is 2.53. The molecule has 0 bridgehead atoms. The summed E-state index contributed by atoms with van der Waals surface area (Å²) in [6, 6.07) is 14.9. The Morgan fingerprint density at radius 2 is 1.85 bits per heavy atom. The molecule has 100 valence electrons. The number of aromatic hydroxyl groups is 1. The molecule has 3 aromatic rings. The highest BCUT2D eigenvalue weighted by molar-refractivity contribution is 7.21. The van der Waals surface area contributed by atoms with E-state index in [2.05, 4.69) is 15.2 Å². The van der Waals surface area contributed by atoms with Gasteiger partial charge in [0.1, 0.15) is 5.75 Å². The number of hydrogen-bond acceptors (Lipinski definition) is 5. The molecule has 0 saturated heterocycles. The predicted molar refractivity (Wildman–Crippen MR) is 80.7 cm³/mol. The number of aromatic nitrogens is 1. The molecular weight excluding hydrogens is 270 g/mol. The van der Waals surface area contributed by atoms with E-state index in [1.807, 2.05) is 43.3 Å². The number of fused-ring (bicyclic) bond motifs is 1. The van der Waals surface area contributed by atoms with Crippen LogP contribution in [-0.4, -0.2) is 10.1 Å². The van der Waals surface area contributed by atoms with E-state index >= 15 is 0 Å². The molecule has 4 nitrogen and oxygen atoms in total. The van der Waals surface area contributed by atoms with Crippen LogP contribution in [0.1, 0.15) is 18.5 Å². The maximum absolute atomic E-state index is 9.78. The number of azo groups is 1. The van der Waals surface area contributed by atoms with Gasteiger partial charge in [-0.25, -0.2) is 4.98 Å². The molecule has 1 atom stereocenters. The van der Waals surface area contributed by atoms with Crippen LogP contribution in [0.15, 0.2) is 58.8 Å². The molecular formula is C15H13N3OS. The lowest BCUT2D eigenvalue weighted by molar-refractivity contribution is 0.463. The van der Waals surface area contributed by atoms with E-state index < -0.39 is 0 Å². The zero-order valence-electron chi connectivity index (χ0n) is 10.9. The zero-order chi connectivity index (χ0) is 13.9. The molecule has 0 aliphatic rings. The average Bonchev–Trinajstić information content (AvgIpc) is 2.88. The van der Waals surface area contributed by atoms with Crippen molar-refractivity contribution < 1.29 is 5.11 Å². The van der Waals surface area contributed by atoms with Gasteiger partial charge in [0.15, 0.2) is 0 Å². The van der Waals surface area contributed by atoms with Crippen LogP contribution >= 0.6 is 11.3 Å². The summed E-state index contributed by atoms with van der Waals surface area (Å²) in [5.41, 5.74) is 1.69. The minimum atomic E-state index is -0.205. The molecule has 0 spiro atoms. The fourth-order valence-corrected chi connectivity index (χ4v) is 2.74. The third-order valence-corrected chi connectivity index (χ3v) is 3.91. The maximum atomic E-state index is 9.78. The maximum Gasteiger partial charge on any atom is 0.230 e. The summed E-state index contributed by atoms with van der Waals surface area (Å²) < 4.78 is 1.09. The Balaban J connectivity index is 1.85. The number of phenolic OH excluding ortho intramolecular Hbond substituents is 1. The van der Waals surface area contributed by atoms with Gasteiger partial charge in [-0.2, -0.15) is 5.11 Å². The Labute approximate surface area is 120 Å². The van der Waals surface area contributed by atoms with Gasteiger partial charge in [0, 0.05) is 5.56 Å². The van der Waals surface area contributed by atoms with Crippen molar-refractivity contribution in [3.63, 3.8) is 0 Å². The van der Waals surface area contributed by atoms with Crippen molar-refractivity contribution in [1.82, 2.24) is 4.98 Å². The second-order valence-corrected chi connectivity index (χ2v) is 5.42. The number of para-hydroxylation sites is 2. The van der Waals surface area contributed by atoms with E-state index in [1.165, 1.54) is 11.3 Å². The summed E-state index contributed by atoms with van der Waals surface area (Å²) in [5, 5.41) is 18.8. The third-order valence-electron chi connectivity index (χ3n) is 2.99. The summed E-state index contributed by atoms with van der Waals surface area (Å²) in [4.78, 5) is 4.40. The fraction of sp³-hybridized carbons (Fsp3) is 0.133. The van der Waals surface area contributed by atoms with E-state index in [9.17, 15) is 5.11 Å². The normalized spacial score (nSPS) is 13.1. The molecule has 1 N–H and O–H groups in total. The summed E-state index contributed by atoms with van der Waals surface area (Å²) >= 11 is 1.50. The van der Waals surface area contributed by atoms with Crippen molar-refractivity contribution in [2.24, 2.45) is 10.2 Å². The van der Waals surface area contributed by atoms with Gasteiger partial charge >= 0.3 is 0 Å². The average molecular weight is 283 g/mol. The van der Waals surface area contributed by atoms with Crippen LogP contribution in [0.5, 0.6) is 5.75 Å². The van der Waals surface area contributed by atoms with Crippen molar-refractivity contribution in [1.29, 1.82) is 0 Å². The smallest absolute Gasteiger partial charge is 0.230 e. The van der Waals surface area contributed by atoms with Crippen molar-refractivity contribution >= 4 is 26.7 Å². The SMILES string of the molecule is CC(N=Nc1nc2ccccc2s1)c1ccccc1O. The van der Waals surface area contributed by atoms with Crippen LogP contribution in [0, 0.1) is 0 Å². The molecule has 0 aliphatic heterocycles. The largest absolute Gasteiger partial charge is 0.508 e. The molecule has 1 unspecified atom stereocenters. The minimum absolute atomic E-state index is 0.205. The fourth-order valence-electron chi connectivity index (χ4n) is 1.94. The molecule has 3 rings (SSSR count). The van der Waals surface area contributed by atoms with Gasteiger partial charge in [0.25, 0.3) is 0 Å². The van der Waals surface area contributed by atoms with Crippen LogP contribution in [-0.2, 0) is 0 Å². The first-order chi connectivity index (χ1) is 9.74. The van der Waals surface area contributed by atoms with Crippen LogP contribution in [0.25, 0.3) is 10.2 Å². The Morgan fingerprint density at radius 3 is 2.65 bits per heavy atom. The van der Waals surface area contributed by atoms with Gasteiger partial charge in [-0.3, -0.25) is 0 Å². The Bertz CT molecular complexity index is 733. The highest BCUT2D eigenvalue weighted by atomic mass is 32.1. The van der Waals surface area contributed by atoms with Crippen molar-refractivity contribution in [2.75, 3.05) is 0 Å². The molecule has 0 fully saturated rings. The number of nitrogens with zero attached hydrogens (tertiary/aromatic N) is 3. The van der Waals surface area contributed by atoms with E-state index in [0.717, 1.165) is 15.8 Å². The second-order valence-electron chi connectivity index (χ2n) is 4.41. The lowest BCUT2D eigenvalue weighted by atomic mass is 10.1. The number of benzene rings is 2. The number of phenols is 1. The van der Waals surface area contributed by atoms with Crippen LogP contribution in [0.4, 0.5) is 5.13 Å². The van der Waals surface area contributed by atoms with Gasteiger partial charge in [-0.15, -0.1) is 5.11 Å². The van der Waals surface area contributed by atoms with E-state index in [4.69, 9.17) is 0 Å². The van der Waals surface area contributed by atoms with Gasteiger partial charge in [0.2, 0.25) is 5.13 Å². The highest BCUT2D eigenvalue weighted by Crippen LogP contribution is 2.31. The van der Waals surface area contributed by atoms with Gasteiger partial charge < -0.3 is 5.11 Å². The molecule has 5 heteroatoms. The van der Waals surface area contributed by atoms with Crippen molar-refractivity contribution in [2.45, 2.75) is 13.0 Å². The standard InChI is InChI=1S/C15H13N3OS/c1-10(11-6-2-4-8-13(11)19)17-18-15-16-12-7-3-5-9-14(12)20-15/h2-10,19H,1H3. The summed E-state index contributed by atoms with van der Waals surface area (Å²) in [7, 11) is 0. The first-order valence-corrected chi connectivity index (χ1v) is 7.10. The summed E-state index contributed by atoms with van der Waals surface area (Å²) in [6.45, 7) is 1.89. The quantitative estimate of drug-likeness (QED) is 0.699. The van der Waals surface area contributed by atoms with Crippen molar-refractivity contribution in [3.05, 3.63) is 54.1 Å². The van der Waals surface area contributed by atoms with Gasteiger partial charge in [-0.05, 0) is 25.1 Å². The van der Waals surface area contributed by atoms with Crippen LogP contribution in [0.2, 0.25) is 0 Å². The highest BCUT2D eigenvalue weighted by Gasteiger charge is 2.09. The molecule has 1 heterocycles. The first kappa shape index (κ1) is 12.7. The van der Waals surface area contributed by atoms with Crippen LogP contribution in [0.3, 0.4) is 0 Å². The Morgan fingerprint density at radius 1 is 1.10 bits per heavy atom. The van der Waals surface area contributed by atoms with Gasteiger partial charge in [-0.1, -0.05) is 41.7 Å². The molecule has 0 radical (unpaired) electrons. The van der Waals surface area contributed by atoms with E-state index in [0.29, 0.717) is 5.13 Å². The summed E-state index contributed by atoms with van der Waals surface area (Å²) in [6.07, 6.45) is 0. The number of thiazole rings is 1. The number of hydrogen-bond donors (Lipinski definition) is 1. The lowest BCUT2D eigenvalue weighted by Gasteiger charge is -2.06. The van der Waals surface area contributed by atoms with Crippen molar-refractivity contribution in [3.8, 4) is 5.75 Å². The first-order valence-electron chi connectivity index (χ1n) is 6.28. The van der Waals surface area contributed by atoms with Gasteiger partial charge in [0.05, 0.1) is 16.3 Å². The molecule has 2 aromatic carbocycles. The van der Waals surface area contributed by atoms with Crippen LogP contribution < -0.4 is 0 Å². The van der Waals surface area contributed by atoms with E-state index in [1.54, 1.807) is 12.1 Å². The molecule has 20 heavy (non-hydrogen) atoms. The molecule has 0 saturated carbocycles. The Kier molecular flexibility index (Phi) is 3.43. The lowest BCUT2D eigenvalue weighted by Crippen LogP contribution is -1.88. The van der Waals surface area contributed by atoms with E-state index in [-0.39, 0.29) is 11.8 Å². The number of rotatable bonds is 3. The Hall–Kier alpha value is -2.27. The predicted octanol–water partition coefficient (Wildman–Crippen LogP) is 4.85. The summed E-state index contributed by atoms with van der Waals surface area (Å²) in [5.74, 6) is 0.239. The monoisotopic (exact) mass is 283 g/mol. The molecule has 0 amide bonds. The molecule has 1 aromatic heterocycles. The minimum Gasteiger partial charge on any atom is -0.508 e. The zero-order valence-corrected chi connectivity index (χ0v) is 11.7. The topological polar surface area (TPSA) is 57.8 Å². The molecule has 0 aliphatic carbocycles. The second kappa shape index (κ2) is 5.38.